The minimum atomic E-state index is -0.508. The fourth-order valence-electron chi connectivity index (χ4n) is 1.88. The number of aryl methyl sites for hydroxylation is 1. The first-order valence-corrected chi connectivity index (χ1v) is 6.35. The van der Waals surface area contributed by atoms with Gasteiger partial charge in [0.05, 0.1) is 17.4 Å². The predicted octanol–water partition coefficient (Wildman–Crippen LogP) is 3.40. The summed E-state index contributed by atoms with van der Waals surface area (Å²) >= 11 is 0. The van der Waals surface area contributed by atoms with Gasteiger partial charge in [-0.05, 0) is 39.8 Å². The number of aromatic nitrogens is 2. The summed E-state index contributed by atoms with van der Waals surface area (Å²) in [6, 6.07) is 5.71. The number of fused-ring (bicyclic) bond motifs is 1. The topological polar surface area (TPSA) is 56.2 Å². The van der Waals surface area contributed by atoms with E-state index in [4.69, 9.17) is 4.74 Å². The third kappa shape index (κ3) is 3.05. The fourth-order valence-corrected chi connectivity index (χ4v) is 1.88. The van der Waals surface area contributed by atoms with E-state index in [9.17, 15) is 4.79 Å². The van der Waals surface area contributed by atoms with Crippen molar-refractivity contribution in [3.8, 4) is 0 Å². The highest BCUT2D eigenvalue weighted by Gasteiger charge is 2.17. The molecular weight excluding hydrogens is 242 g/mol. The molecule has 0 saturated carbocycles. The van der Waals surface area contributed by atoms with Crippen molar-refractivity contribution in [2.24, 2.45) is 0 Å². The van der Waals surface area contributed by atoms with E-state index in [0.29, 0.717) is 5.69 Å². The van der Waals surface area contributed by atoms with Gasteiger partial charge in [-0.3, -0.25) is 10.00 Å². The molecule has 2 rings (SSSR count). The van der Waals surface area contributed by atoms with Crippen LogP contribution in [-0.2, 0) is 11.3 Å². The Balaban J connectivity index is 2.26. The lowest BCUT2D eigenvalue weighted by Crippen LogP contribution is -2.27. The van der Waals surface area contributed by atoms with Crippen molar-refractivity contribution in [1.29, 1.82) is 0 Å². The smallest absolute Gasteiger partial charge is 0.412 e. The summed E-state index contributed by atoms with van der Waals surface area (Å²) in [6.45, 7) is 8.33. The van der Waals surface area contributed by atoms with Crippen molar-refractivity contribution < 1.29 is 9.53 Å². The molecule has 0 spiro atoms. The van der Waals surface area contributed by atoms with Gasteiger partial charge < -0.3 is 4.74 Å². The summed E-state index contributed by atoms with van der Waals surface area (Å²) in [5.74, 6) is 0. The van der Waals surface area contributed by atoms with Gasteiger partial charge in [-0.25, -0.2) is 4.79 Å². The van der Waals surface area contributed by atoms with Gasteiger partial charge in [0.15, 0.2) is 0 Å². The van der Waals surface area contributed by atoms with Crippen LogP contribution >= 0.6 is 0 Å². The minimum Gasteiger partial charge on any atom is -0.444 e. The number of anilines is 1. The number of rotatable bonds is 2. The van der Waals surface area contributed by atoms with Crippen molar-refractivity contribution in [2.75, 3.05) is 5.32 Å². The Bertz CT molecular complexity index is 596. The van der Waals surface area contributed by atoms with Gasteiger partial charge in [0.25, 0.3) is 0 Å². The Morgan fingerprint density at radius 2 is 2.16 bits per heavy atom. The van der Waals surface area contributed by atoms with Crippen LogP contribution in [0, 0.1) is 0 Å². The maximum Gasteiger partial charge on any atom is 0.412 e. The lowest BCUT2D eigenvalue weighted by Gasteiger charge is -2.19. The average Bonchev–Trinajstić information content (AvgIpc) is 2.70. The maximum absolute atomic E-state index is 11.8. The molecule has 1 aromatic heterocycles. The molecule has 0 bridgehead atoms. The van der Waals surface area contributed by atoms with Crippen molar-refractivity contribution >= 4 is 22.7 Å². The van der Waals surface area contributed by atoms with Crippen LogP contribution in [0.2, 0.25) is 0 Å². The zero-order chi connectivity index (χ0) is 14.0. The molecular formula is C14H19N3O2. The van der Waals surface area contributed by atoms with E-state index in [2.05, 4.69) is 10.4 Å². The van der Waals surface area contributed by atoms with Crippen LogP contribution in [0.5, 0.6) is 0 Å². The monoisotopic (exact) mass is 261 g/mol. The Labute approximate surface area is 112 Å². The number of benzene rings is 1. The Kier molecular flexibility index (Phi) is 3.46. The van der Waals surface area contributed by atoms with Crippen LogP contribution in [0.25, 0.3) is 10.9 Å². The number of nitrogens with zero attached hydrogens (tertiary/aromatic N) is 2. The van der Waals surface area contributed by atoms with Crippen LogP contribution in [0.1, 0.15) is 27.7 Å². The normalized spacial score (nSPS) is 11.6. The van der Waals surface area contributed by atoms with E-state index >= 15 is 0 Å². The highest BCUT2D eigenvalue weighted by molar-refractivity contribution is 5.98. The zero-order valence-electron chi connectivity index (χ0n) is 11.7. The summed E-state index contributed by atoms with van der Waals surface area (Å²) in [7, 11) is 0. The molecule has 0 aliphatic carbocycles. The molecule has 0 saturated heterocycles. The molecule has 5 nitrogen and oxygen atoms in total. The Hall–Kier alpha value is -2.04. The van der Waals surface area contributed by atoms with E-state index < -0.39 is 11.7 Å². The Morgan fingerprint density at radius 3 is 2.79 bits per heavy atom. The van der Waals surface area contributed by atoms with Gasteiger partial charge in [0.2, 0.25) is 0 Å². The number of hydrogen-bond acceptors (Lipinski definition) is 3. The van der Waals surface area contributed by atoms with Crippen molar-refractivity contribution in [3.05, 3.63) is 24.4 Å². The van der Waals surface area contributed by atoms with Gasteiger partial charge in [0.1, 0.15) is 5.60 Å². The average molecular weight is 261 g/mol. The van der Waals surface area contributed by atoms with Gasteiger partial charge in [0, 0.05) is 11.9 Å². The summed E-state index contributed by atoms with van der Waals surface area (Å²) in [5, 5.41) is 7.96. The highest BCUT2D eigenvalue weighted by atomic mass is 16.6. The third-order valence-electron chi connectivity index (χ3n) is 2.62. The molecule has 0 atom stereocenters. The zero-order valence-corrected chi connectivity index (χ0v) is 11.7. The Morgan fingerprint density at radius 1 is 1.42 bits per heavy atom. The molecule has 1 heterocycles. The standard InChI is InChI=1S/C14H19N3O2/c1-5-17-12-8-6-7-11(10(12)9-15-17)16-13(18)19-14(2,3)4/h6-9H,5H2,1-4H3,(H,16,18). The van der Waals surface area contributed by atoms with E-state index in [-0.39, 0.29) is 0 Å². The van der Waals surface area contributed by atoms with Crippen molar-refractivity contribution in [3.63, 3.8) is 0 Å². The summed E-state index contributed by atoms with van der Waals surface area (Å²) in [6.07, 6.45) is 1.30. The molecule has 5 heteroatoms. The maximum atomic E-state index is 11.8. The lowest BCUT2D eigenvalue weighted by molar-refractivity contribution is 0.0636. The minimum absolute atomic E-state index is 0.454. The molecule has 0 fully saturated rings. The second-order valence-electron chi connectivity index (χ2n) is 5.33. The van der Waals surface area contributed by atoms with Gasteiger partial charge in [-0.1, -0.05) is 6.07 Å². The molecule has 0 unspecified atom stereocenters. The summed E-state index contributed by atoms with van der Waals surface area (Å²) < 4.78 is 7.13. The van der Waals surface area contributed by atoms with Crippen LogP contribution < -0.4 is 5.32 Å². The van der Waals surface area contributed by atoms with Gasteiger partial charge in [-0.2, -0.15) is 5.10 Å². The first-order valence-electron chi connectivity index (χ1n) is 6.35. The SMILES string of the molecule is CCn1ncc2c(NC(=O)OC(C)(C)C)cccc21. The molecule has 19 heavy (non-hydrogen) atoms. The van der Waals surface area contributed by atoms with Gasteiger partial charge in [-0.15, -0.1) is 0 Å². The van der Waals surface area contributed by atoms with E-state index in [1.807, 2.05) is 50.6 Å². The molecule has 1 N–H and O–H groups in total. The lowest BCUT2D eigenvalue weighted by atomic mass is 10.2. The molecule has 1 aromatic carbocycles. The van der Waals surface area contributed by atoms with Gasteiger partial charge >= 0.3 is 6.09 Å². The first kappa shape index (κ1) is 13.4. The van der Waals surface area contributed by atoms with Crippen molar-refractivity contribution in [2.45, 2.75) is 39.8 Å². The predicted molar refractivity (Wildman–Crippen MR) is 75.3 cm³/mol. The van der Waals surface area contributed by atoms with E-state index in [0.717, 1.165) is 17.4 Å². The number of nitrogens with one attached hydrogen (secondary N) is 1. The quantitative estimate of drug-likeness (QED) is 0.901. The largest absolute Gasteiger partial charge is 0.444 e. The number of amides is 1. The number of carbonyl (C=O) groups excluding carboxylic acids is 1. The first-order chi connectivity index (χ1) is 8.90. The second-order valence-corrected chi connectivity index (χ2v) is 5.33. The molecule has 0 radical (unpaired) electrons. The summed E-state index contributed by atoms with van der Waals surface area (Å²) in [4.78, 5) is 11.8. The number of ether oxygens (including phenoxy) is 1. The number of carbonyl (C=O) groups is 1. The van der Waals surface area contributed by atoms with Crippen molar-refractivity contribution in [1.82, 2.24) is 9.78 Å². The highest BCUT2D eigenvalue weighted by Crippen LogP contribution is 2.23. The second kappa shape index (κ2) is 4.91. The third-order valence-corrected chi connectivity index (χ3v) is 2.62. The number of hydrogen-bond donors (Lipinski definition) is 1. The molecule has 2 aromatic rings. The fraction of sp³-hybridized carbons (Fsp3) is 0.429. The molecule has 102 valence electrons. The molecule has 1 amide bonds. The van der Waals surface area contributed by atoms with Crippen LogP contribution in [-0.4, -0.2) is 21.5 Å². The van der Waals surface area contributed by atoms with E-state index in [1.54, 1.807) is 6.20 Å². The van der Waals surface area contributed by atoms with Crippen LogP contribution in [0.3, 0.4) is 0 Å². The van der Waals surface area contributed by atoms with E-state index in [1.165, 1.54) is 0 Å². The van der Waals surface area contributed by atoms with Crippen LogP contribution in [0.15, 0.2) is 24.4 Å². The van der Waals surface area contributed by atoms with Crippen LogP contribution in [0.4, 0.5) is 10.5 Å². The summed E-state index contributed by atoms with van der Waals surface area (Å²) in [5.41, 5.74) is 1.20. The molecule has 0 aliphatic heterocycles. The molecule has 0 aliphatic rings.